The molecule has 0 amide bonds. The number of carboxylic acids is 4. The predicted molar refractivity (Wildman–Crippen MR) is 125 cm³/mol. The summed E-state index contributed by atoms with van der Waals surface area (Å²) < 4.78 is 11.7. The number of hydrogen-bond acceptors (Lipinski definition) is 6. The third kappa shape index (κ3) is 4.77. The first kappa shape index (κ1) is 23.8. The van der Waals surface area contributed by atoms with Gasteiger partial charge in [0.15, 0.2) is 11.5 Å². The van der Waals surface area contributed by atoms with Crippen molar-refractivity contribution in [3.8, 4) is 23.0 Å². The zero-order valence-corrected chi connectivity index (χ0v) is 18.2. The fourth-order valence-electron chi connectivity index (χ4n) is 3.51. The number of rotatable bonds is 8. The van der Waals surface area contributed by atoms with E-state index in [0.717, 1.165) is 35.0 Å². The molecule has 0 aromatic heterocycles. The minimum atomic E-state index is -1.45. The summed E-state index contributed by atoms with van der Waals surface area (Å²) in [6.07, 6.45) is 0. The van der Waals surface area contributed by atoms with Crippen LogP contribution in [0.2, 0.25) is 0 Å². The molecule has 0 saturated carbocycles. The maximum absolute atomic E-state index is 11.5. The Balaban J connectivity index is 1.79. The van der Waals surface area contributed by atoms with E-state index in [4.69, 9.17) is 9.47 Å². The van der Waals surface area contributed by atoms with Gasteiger partial charge in [0.2, 0.25) is 0 Å². The Bertz CT molecular complexity index is 1440. The molecule has 36 heavy (non-hydrogen) atoms. The van der Waals surface area contributed by atoms with Crippen molar-refractivity contribution < 1.29 is 49.1 Å². The molecule has 0 fully saturated rings. The molecule has 0 bridgehead atoms. The molecule has 4 aromatic rings. The highest BCUT2D eigenvalue weighted by Gasteiger charge is 2.20. The fraction of sp³-hybridized carbons (Fsp3) is 0. The Morgan fingerprint density at radius 2 is 0.833 bits per heavy atom. The van der Waals surface area contributed by atoms with Gasteiger partial charge in [-0.2, -0.15) is 0 Å². The van der Waals surface area contributed by atoms with Gasteiger partial charge in [0, 0.05) is 0 Å². The highest BCUT2D eigenvalue weighted by molar-refractivity contribution is 6.02. The van der Waals surface area contributed by atoms with Gasteiger partial charge in [0.25, 0.3) is 0 Å². The van der Waals surface area contributed by atoms with E-state index in [2.05, 4.69) is 0 Å². The lowest BCUT2D eigenvalue weighted by Crippen LogP contribution is -2.08. The van der Waals surface area contributed by atoms with E-state index in [-0.39, 0.29) is 23.0 Å². The Morgan fingerprint density at radius 1 is 0.472 bits per heavy atom. The van der Waals surface area contributed by atoms with Crippen molar-refractivity contribution in [2.45, 2.75) is 0 Å². The number of ether oxygens (including phenoxy) is 2. The number of hydrogen-bond donors (Lipinski definition) is 4. The molecule has 0 heterocycles. The summed E-state index contributed by atoms with van der Waals surface area (Å²) in [7, 11) is 0. The van der Waals surface area contributed by atoms with Crippen molar-refractivity contribution in [3.63, 3.8) is 0 Å². The lowest BCUT2D eigenvalue weighted by atomic mass is 10.1. The summed E-state index contributed by atoms with van der Waals surface area (Å²) in [5, 5.41) is 38.7. The second kappa shape index (κ2) is 9.47. The Kier molecular flexibility index (Phi) is 6.25. The van der Waals surface area contributed by atoms with Gasteiger partial charge >= 0.3 is 23.9 Å². The summed E-state index contributed by atoms with van der Waals surface area (Å²) in [5.74, 6) is -5.45. The SMILES string of the molecule is O=C(O)c1ccc(Oc2cc3ccccc3cc2Oc2ccc(C(=O)O)c(C(=O)O)c2)cc1C(=O)O. The average molecular weight is 488 g/mol. The zero-order valence-electron chi connectivity index (χ0n) is 18.2. The number of carbonyl (C=O) groups is 4. The van der Waals surface area contributed by atoms with E-state index in [1.807, 2.05) is 0 Å². The van der Waals surface area contributed by atoms with Crippen LogP contribution in [-0.4, -0.2) is 44.3 Å². The second-order valence-electron chi connectivity index (χ2n) is 7.49. The third-order valence-corrected chi connectivity index (χ3v) is 5.17. The number of carboxylic acid groups (broad SMARTS) is 4. The molecule has 0 atom stereocenters. The maximum atomic E-state index is 11.5. The molecule has 0 aliphatic rings. The third-order valence-electron chi connectivity index (χ3n) is 5.17. The largest absolute Gasteiger partial charge is 0.478 e. The van der Waals surface area contributed by atoms with Gasteiger partial charge in [-0.3, -0.25) is 0 Å². The van der Waals surface area contributed by atoms with Crippen LogP contribution in [0.5, 0.6) is 23.0 Å². The molecule has 0 spiro atoms. The summed E-state index contributed by atoms with van der Waals surface area (Å²) in [6.45, 7) is 0. The molecular weight excluding hydrogens is 472 g/mol. The summed E-state index contributed by atoms with van der Waals surface area (Å²) in [4.78, 5) is 45.8. The van der Waals surface area contributed by atoms with Crippen LogP contribution in [0.1, 0.15) is 41.4 Å². The molecule has 0 saturated heterocycles. The van der Waals surface area contributed by atoms with Crippen molar-refractivity contribution in [3.05, 3.63) is 95.1 Å². The Morgan fingerprint density at radius 3 is 1.17 bits per heavy atom. The van der Waals surface area contributed by atoms with E-state index in [1.54, 1.807) is 36.4 Å². The van der Waals surface area contributed by atoms with Crippen LogP contribution >= 0.6 is 0 Å². The van der Waals surface area contributed by atoms with Gasteiger partial charge < -0.3 is 29.9 Å². The van der Waals surface area contributed by atoms with E-state index in [0.29, 0.717) is 0 Å². The van der Waals surface area contributed by atoms with Crippen LogP contribution < -0.4 is 9.47 Å². The smallest absolute Gasteiger partial charge is 0.336 e. The van der Waals surface area contributed by atoms with Gasteiger partial charge in [-0.25, -0.2) is 19.2 Å². The molecule has 0 aliphatic heterocycles. The van der Waals surface area contributed by atoms with Crippen molar-refractivity contribution in [2.24, 2.45) is 0 Å². The van der Waals surface area contributed by atoms with Gasteiger partial charge in [-0.15, -0.1) is 0 Å². The molecule has 4 N–H and O–H groups in total. The quantitative estimate of drug-likeness (QED) is 0.258. The van der Waals surface area contributed by atoms with Crippen molar-refractivity contribution >= 4 is 34.6 Å². The molecule has 10 nitrogen and oxygen atoms in total. The van der Waals surface area contributed by atoms with Crippen molar-refractivity contribution in [1.82, 2.24) is 0 Å². The molecule has 10 heteroatoms. The van der Waals surface area contributed by atoms with Crippen molar-refractivity contribution in [2.75, 3.05) is 0 Å². The zero-order chi connectivity index (χ0) is 26.0. The first-order chi connectivity index (χ1) is 17.1. The van der Waals surface area contributed by atoms with Gasteiger partial charge in [-0.1, -0.05) is 24.3 Å². The first-order valence-corrected chi connectivity index (χ1v) is 10.2. The number of benzene rings is 4. The molecule has 0 aliphatic carbocycles. The van der Waals surface area contributed by atoms with Crippen molar-refractivity contribution in [1.29, 1.82) is 0 Å². The van der Waals surface area contributed by atoms with Gasteiger partial charge in [0.05, 0.1) is 22.3 Å². The minimum Gasteiger partial charge on any atom is -0.478 e. The number of aromatic carboxylic acids is 4. The minimum absolute atomic E-state index is 0.0185. The lowest BCUT2D eigenvalue weighted by Gasteiger charge is -2.15. The number of fused-ring (bicyclic) bond motifs is 1. The van der Waals surface area contributed by atoms with Gasteiger partial charge in [-0.05, 0) is 59.3 Å². The van der Waals surface area contributed by atoms with E-state index in [1.165, 1.54) is 12.1 Å². The standard InChI is InChI=1S/C26H16O10/c27-23(28)17-7-5-15(11-19(17)25(31)32)35-21-9-13-3-1-2-4-14(13)10-22(21)36-16-6-8-18(24(29)30)20(12-16)26(33)34/h1-12H,(H,27,28)(H,29,30)(H,31,32)(H,33,34). The summed E-state index contributed by atoms with van der Waals surface area (Å²) >= 11 is 0. The summed E-state index contributed by atoms with van der Waals surface area (Å²) in [5.41, 5.74) is -1.77. The van der Waals surface area contributed by atoms with E-state index in [9.17, 15) is 39.6 Å². The summed E-state index contributed by atoms with van der Waals surface area (Å²) in [6, 6.07) is 17.3. The first-order valence-electron chi connectivity index (χ1n) is 10.2. The van der Waals surface area contributed by atoms with Crippen LogP contribution in [0.25, 0.3) is 10.8 Å². The molecule has 180 valence electrons. The van der Waals surface area contributed by atoms with Crippen LogP contribution in [-0.2, 0) is 0 Å². The second-order valence-corrected chi connectivity index (χ2v) is 7.49. The highest BCUT2D eigenvalue weighted by atomic mass is 16.5. The monoisotopic (exact) mass is 488 g/mol. The van der Waals surface area contributed by atoms with E-state index >= 15 is 0 Å². The Hall–Kier alpha value is -5.38. The predicted octanol–water partition coefficient (Wildman–Crippen LogP) is 5.22. The van der Waals surface area contributed by atoms with Crippen LogP contribution in [0, 0.1) is 0 Å². The molecular formula is C26H16O10. The van der Waals surface area contributed by atoms with Crippen LogP contribution in [0.3, 0.4) is 0 Å². The molecule has 0 radical (unpaired) electrons. The fourth-order valence-corrected chi connectivity index (χ4v) is 3.51. The van der Waals surface area contributed by atoms with E-state index < -0.39 is 46.1 Å². The maximum Gasteiger partial charge on any atom is 0.336 e. The normalized spacial score (nSPS) is 10.6. The van der Waals surface area contributed by atoms with Crippen LogP contribution in [0.15, 0.2) is 72.8 Å². The lowest BCUT2D eigenvalue weighted by molar-refractivity contribution is 0.0651. The molecule has 4 aromatic carbocycles. The molecule has 0 unspecified atom stereocenters. The Labute approximate surface area is 202 Å². The highest BCUT2D eigenvalue weighted by Crippen LogP contribution is 2.39. The average Bonchev–Trinajstić information content (AvgIpc) is 2.83. The topological polar surface area (TPSA) is 168 Å². The molecule has 4 rings (SSSR count). The van der Waals surface area contributed by atoms with Crippen LogP contribution in [0.4, 0.5) is 0 Å². The van der Waals surface area contributed by atoms with Gasteiger partial charge in [0.1, 0.15) is 11.5 Å².